The van der Waals surface area contributed by atoms with E-state index in [2.05, 4.69) is 9.44 Å². The Balaban J connectivity index is 2.41. The van der Waals surface area contributed by atoms with E-state index in [1.54, 1.807) is 13.8 Å². The lowest BCUT2D eigenvalue weighted by atomic mass is 9.94. The highest BCUT2D eigenvalue weighted by Crippen LogP contribution is 2.18. The van der Waals surface area contributed by atoms with Crippen molar-refractivity contribution in [1.29, 1.82) is 0 Å². The Hall–Kier alpha value is -0.170. The van der Waals surface area contributed by atoms with Crippen LogP contribution >= 0.6 is 0 Å². The molecule has 1 saturated carbocycles. The second kappa shape index (κ2) is 5.25. The number of nitrogens with one attached hydrogen (secondary N) is 2. The van der Waals surface area contributed by atoms with Gasteiger partial charge in [-0.25, -0.2) is 0 Å². The molecule has 0 heterocycles. The Kier molecular flexibility index (Phi) is 4.51. The van der Waals surface area contributed by atoms with Crippen LogP contribution in [0.4, 0.5) is 0 Å². The topological polar surface area (TPSA) is 78.4 Å². The first-order valence-electron chi connectivity index (χ1n) is 5.36. The molecule has 0 aromatic carbocycles. The summed E-state index contributed by atoms with van der Waals surface area (Å²) in [6.45, 7) is 3.56. The lowest BCUT2D eigenvalue weighted by Gasteiger charge is -2.26. The monoisotopic (exact) mass is 236 g/mol. The molecule has 1 aliphatic rings. The van der Waals surface area contributed by atoms with Gasteiger partial charge in [0.25, 0.3) is 10.2 Å². The lowest BCUT2D eigenvalue weighted by molar-refractivity contribution is 0.120. The van der Waals surface area contributed by atoms with Crippen molar-refractivity contribution in [2.75, 3.05) is 0 Å². The number of hydrogen-bond donors (Lipinski definition) is 3. The van der Waals surface area contributed by atoms with E-state index < -0.39 is 10.2 Å². The molecular formula is C9H20N2O3S. The van der Waals surface area contributed by atoms with Gasteiger partial charge in [-0.1, -0.05) is 0 Å². The SMILES string of the molecule is CC(C)NS(=O)(=O)NC1CCC(O)CC1. The van der Waals surface area contributed by atoms with E-state index in [-0.39, 0.29) is 18.2 Å². The zero-order valence-corrected chi connectivity index (χ0v) is 10.0. The largest absolute Gasteiger partial charge is 0.393 e. The summed E-state index contributed by atoms with van der Waals surface area (Å²) in [5.41, 5.74) is 0. The predicted molar refractivity (Wildman–Crippen MR) is 58.6 cm³/mol. The molecule has 0 amide bonds. The minimum Gasteiger partial charge on any atom is -0.393 e. The maximum atomic E-state index is 11.5. The van der Waals surface area contributed by atoms with E-state index in [0.717, 1.165) is 0 Å². The molecule has 1 fully saturated rings. The number of rotatable bonds is 4. The molecule has 15 heavy (non-hydrogen) atoms. The molecule has 0 aromatic rings. The highest BCUT2D eigenvalue weighted by molar-refractivity contribution is 7.87. The van der Waals surface area contributed by atoms with Gasteiger partial charge in [0, 0.05) is 12.1 Å². The van der Waals surface area contributed by atoms with Crippen molar-refractivity contribution < 1.29 is 13.5 Å². The summed E-state index contributed by atoms with van der Waals surface area (Å²) >= 11 is 0. The van der Waals surface area contributed by atoms with Gasteiger partial charge in [-0.3, -0.25) is 0 Å². The second-order valence-corrected chi connectivity index (χ2v) is 5.88. The van der Waals surface area contributed by atoms with Crippen molar-refractivity contribution in [2.24, 2.45) is 0 Å². The van der Waals surface area contributed by atoms with Gasteiger partial charge in [0.05, 0.1) is 6.10 Å². The van der Waals surface area contributed by atoms with Crippen molar-refractivity contribution in [2.45, 2.75) is 57.7 Å². The fourth-order valence-corrected chi connectivity index (χ4v) is 3.12. The third-order valence-corrected chi connectivity index (χ3v) is 3.83. The average Bonchev–Trinajstić information content (AvgIpc) is 2.06. The van der Waals surface area contributed by atoms with E-state index in [1.807, 2.05) is 0 Å². The van der Waals surface area contributed by atoms with Crippen LogP contribution in [0.3, 0.4) is 0 Å². The van der Waals surface area contributed by atoms with Crippen molar-refractivity contribution in [3.63, 3.8) is 0 Å². The fourth-order valence-electron chi connectivity index (χ4n) is 1.76. The van der Waals surface area contributed by atoms with Gasteiger partial charge in [-0.2, -0.15) is 17.9 Å². The zero-order valence-electron chi connectivity index (χ0n) is 9.23. The van der Waals surface area contributed by atoms with Gasteiger partial charge >= 0.3 is 0 Å². The molecule has 3 N–H and O–H groups in total. The van der Waals surface area contributed by atoms with Crippen LogP contribution in [0.15, 0.2) is 0 Å². The van der Waals surface area contributed by atoms with Gasteiger partial charge in [-0.05, 0) is 39.5 Å². The highest BCUT2D eigenvalue weighted by atomic mass is 32.2. The maximum absolute atomic E-state index is 11.5. The molecule has 1 rings (SSSR count). The Morgan fingerprint density at radius 2 is 1.73 bits per heavy atom. The van der Waals surface area contributed by atoms with E-state index in [9.17, 15) is 13.5 Å². The third kappa shape index (κ3) is 4.92. The van der Waals surface area contributed by atoms with Crippen LogP contribution in [0.25, 0.3) is 0 Å². The van der Waals surface area contributed by atoms with E-state index in [0.29, 0.717) is 25.7 Å². The van der Waals surface area contributed by atoms with Crippen LogP contribution in [0.5, 0.6) is 0 Å². The molecule has 90 valence electrons. The van der Waals surface area contributed by atoms with Gasteiger partial charge in [0.1, 0.15) is 0 Å². The van der Waals surface area contributed by atoms with Crippen LogP contribution in [-0.4, -0.2) is 31.7 Å². The number of hydrogen-bond acceptors (Lipinski definition) is 3. The van der Waals surface area contributed by atoms with Gasteiger partial charge < -0.3 is 5.11 Å². The first kappa shape index (κ1) is 12.9. The molecule has 0 atom stereocenters. The first-order chi connectivity index (χ1) is 6.89. The van der Waals surface area contributed by atoms with Crippen molar-refractivity contribution >= 4 is 10.2 Å². The third-order valence-electron chi connectivity index (χ3n) is 2.41. The van der Waals surface area contributed by atoms with E-state index in [1.165, 1.54) is 0 Å². The molecule has 0 unspecified atom stereocenters. The first-order valence-corrected chi connectivity index (χ1v) is 6.85. The summed E-state index contributed by atoms with van der Waals surface area (Å²) in [5.74, 6) is 0. The van der Waals surface area contributed by atoms with E-state index >= 15 is 0 Å². The standard InChI is InChI=1S/C9H20N2O3S/c1-7(2)10-15(13,14)11-8-3-5-9(12)6-4-8/h7-12H,3-6H2,1-2H3. The van der Waals surface area contributed by atoms with E-state index in [4.69, 9.17) is 0 Å². The van der Waals surface area contributed by atoms with Gasteiger partial charge in [-0.15, -0.1) is 0 Å². The summed E-state index contributed by atoms with van der Waals surface area (Å²) in [7, 11) is -3.38. The Labute approximate surface area is 91.4 Å². The Morgan fingerprint density at radius 1 is 1.20 bits per heavy atom. The van der Waals surface area contributed by atoms with Crippen molar-refractivity contribution in [3.05, 3.63) is 0 Å². The average molecular weight is 236 g/mol. The summed E-state index contributed by atoms with van der Waals surface area (Å²) < 4.78 is 28.1. The van der Waals surface area contributed by atoms with Crippen LogP contribution in [0.1, 0.15) is 39.5 Å². The molecule has 1 aliphatic carbocycles. The summed E-state index contributed by atoms with van der Waals surface area (Å²) in [4.78, 5) is 0. The number of aliphatic hydroxyl groups excluding tert-OH is 1. The molecule has 0 radical (unpaired) electrons. The van der Waals surface area contributed by atoms with Crippen LogP contribution in [0, 0.1) is 0 Å². The Morgan fingerprint density at radius 3 is 2.20 bits per heavy atom. The minimum absolute atomic E-state index is 0.0374. The van der Waals surface area contributed by atoms with Crippen LogP contribution < -0.4 is 9.44 Å². The van der Waals surface area contributed by atoms with Crippen molar-refractivity contribution in [3.8, 4) is 0 Å². The van der Waals surface area contributed by atoms with Gasteiger partial charge in [0.15, 0.2) is 0 Å². The molecule has 5 nitrogen and oxygen atoms in total. The Bertz CT molecular complexity index is 282. The number of aliphatic hydroxyl groups is 1. The zero-order chi connectivity index (χ0) is 11.5. The second-order valence-electron chi connectivity index (χ2n) is 4.40. The minimum atomic E-state index is -3.38. The lowest BCUT2D eigenvalue weighted by Crippen LogP contribution is -2.46. The summed E-state index contributed by atoms with van der Waals surface area (Å²) in [6, 6.07) is -0.138. The van der Waals surface area contributed by atoms with Gasteiger partial charge in [0.2, 0.25) is 0 Å². The summed E-state index contributed by atoms with van der Waals surface area (Å²) in [5, 5.41) is 9.28. The normalized spacial score (nSPS) is 28.3. The molecule has 0 bridgehead atoms. The molecule has 0 spiro atoms. The molecule has 6 heteroatoms. The van der Waals surface area contributed by atoms with Crippen LogP contribution in [-0.2, 0) is 10.2 Å². The maximum Gasteiger partial charge on any atom is 0.277 e. The predicted octanol–water partition coefficient (Wildman–Crippen LogP) is 0.122. The quantitative estimate of drug-likeness (QED) is 0.649. The molecule has 0 saturated heterocycles. The fraction of sp³-hybridized carbons (Fsp3) is 1.00. The molecular weight excluding hydrogens is 216 g/mol. The molecule has 0 aromatic heterocycles. The highest BCUT2D eigenvalue weighted by Gasteiger charge is 2.23. The summed E-state index contributed by atoms with van der Waals surface area (Å²) in [6.07, 6.45) is 2.51. The molecule has 0 aliphatic heterocycles. The van der Waals surface area contributed by atoms with Crippen LogP contribution in [0.2, 0.25) is 0 Å². The smallest absolute Gasteiger partial charge is 0.277 e. The van der Waals surface area contributed by atoms with Crippen molar-refractivity contribution in [1.82, 2.24) is 9.44 Å².